The molecule has 3 aromatic rings. The third-order valence-corrected chi connectivity index (χ3v) is 7.89. The van der Waals surface area contributed by atoms with Crippen molar-refractivity contribution in [2.75, 3.05) is 6.61 Å². The van der Waals surface area contributed by atoms with E-state index in [9.17, 15) is 13.2 Å². The summed E-state index contributed by atoms with van der Waals surface area (Å²) in [4.78, 5) is 12.4. The zero-order chi connectivity index (χ0) is 26.7. The molecule has 0 aliphatic rings. The van der Waals surface area contributed by atoms with Gasteiger partial charge in [-0.1, -0.05) is 86.3 Å². The molecule has 6 heteroatoms. The highest BCUT2D eigenvalue weighted by Crippen LogP contribution is 2.27. The number of aryl methyl sites for hydroxylation is 1. The molecule has 0 fully saturated rings. The van der Waals surface area contributed by atoms with Crippen LogP contribution < -0.4 is 0 Å². The topological polar surface area (TPSA) is 63.7 Å². The van der Waals surface area contributed by atoms with Crippen LogP contribution in [0.1, 0.15) is 73.0 Å². The Morgan fingerprint density at radius 2 is 1.49 bits per heavy atom. The van der Waals surface area contributed by atoms with Crippen molar-refractivity contribution in [1.82, 2.24) is 4.31 Å². The van der Waals surface area contributed by atoms with E-state index in [4.69, 9.17) is 4.74 Å². The van der Waals surface area contributed by atoms with Crippen LogP contribution in [0.5, 0.6) is 0 Å². The van der Waals surface area contributed by atoms with E-state index >= 15 is 0 Å². The number of allylic oxidation sites excluding steroid dienone is 1. The van der Waals surface area contributed by atoms with E-state index in [-0.39, 0.29) is 17.4 Å². The molecule has 0 bridgehead atoms. The summed E-state index contributed by atoms with van der Waals surface area (Å²) in [7, 11) is -3.80. The zero-order valence-corrected chi connectivity index (χ0v) is 22.8. The van der Waals surface area contributed by atoms with Crippen molar-refractivity contribution in [3.63, 3.8) is 0 Å². The summed E-state index contributed by atoms with van der Waals surface area (Å²) in [5.74, 6) is -0.366. The van der Waals surface area contributed by atoms with Crippen molar-refractivity contribution in [2.45, 2.75) is 64.3 Å². The van der Waals surface area contributed by atoms with Gasteiger partial charge in [-0.25, -0.2) is 13.2 Å². The number of hydrogen-bond acceptors (Lipinski definition) is 4. The standard InChI is InChI=1S/C31H37NO4S/c1-4-6-7-11-14-29(27-17-19-28(20-18-27)31(33)36-5-2)24-32(23-26-12-9-8-10-13-26)37(34,35)30-21-15-25(3)16-22-30/h8-10,12-13,15-22,24H,4-7,11,14,23H2,1-3H3/b29-24+. The Labute approximate surface area is 221 Å². The minimum Gasteiger partial charge on any atom is -0.462 e. The number of carbonyl (C=O) groups is 1. The third kappa shape index (κ3) is 8.05. The maximum absolute atomic E-state index is 13.8. The van der Waals surface area contributed by atoms with Gasteiger partial charge in [0.05, 0.1) is 23.6 Å². The number of benzene rings is 3. The Morgan fingerprint density at radius 1 is 0.838 bits per heavy atom. The zero-order valence-electron chi connectivity index (χ0n) is 22.0. The molecule has 5 nitrogen and oxygen atoms in total. The summed E-state index contributed by atoms with van der Waals surface area (Å²) in [6, 6.07) is 23.8. The van der Waals surface area contributed by atoms with Crippen molar-refractivity contribution in [3.05, 3.63) is 107 Å². The molecular weight excluding hydrogens is 482 g/mol. The van der Waals surface area contributed by atoms with Gasteiger partial charge in [-0.3, -0.25) is 4.31 Å². The van der Waals surface area contributed by atoms with Gasteiger partial charge in [-0.05, 0) is 67.7 Å². The average molecular weight is 520 g/mol. The van der Waals surface area contributed by atoms with E-state index in [1.54, 1.807) is 37.4 Å². The number of unbranched alkanes of at least 4 members (excludes halogenated alkanes) is 3. The molecule has 0 aliphatic carbocycles. The van der Waals surface area contributed by atoms with Crippen LogP contribution in [0, 0.1) is 6.92 Å². The summed E-state index contributed by atoms with van der Waals surface area (Å²) in [5, 5.41) is 0. The second kappa shape index (κ2) is 13.8. The first kappa shape index (κ1) is 28.2. The number of esters is 1. The number of carbonyl (C=O) groups excluding carboxylic acids is 1. The molecule has 0 amide bonds. The highest BCUT2D eigenvalue weighted by Gasteiger charge is 2.23. The maximum atomic E-state index is 13.8. The lowest BCUT2D eigenvalue weighted by molar-refractivity contribution is 0.0526. The second-order valence-electron chi connectivity index (χ2n) is 9.11. The fraction of sp³-hybridized carbons (Fsp3) is 0.323. The Hall–Kier alpha value is -3.38. The van der Waals surface area contributed by atoms with Gasteiger partial charge in [0.2, 0.25) is 0 Å². The van der Waals surface area contributed by atoms with Crippen LogP contribution in [0.2, 0.25) is 0 Å². The predicted octanol–water partition coefficient (Wildman–Crippen LogP) is 7.37. The van der Waals surface area contributed by atoms with E-state index in [1.807, 2.05) is 61.5 Å². The predicted molar refractivity (Wildman–Crippen MR) is 149 cm³/mol. The highest BCUT2D eigenvalue weighted by atomic mass is 32.2. The van der Waals surface area contributed by atoms with Crippen LogP contribution in [0.3, 0.4) is 0 Å². The summed E-state index contributed by atoms with van der Waals surface area (Å²) in [5.41, 5.74) is 4.18. The second-order valence-corrected chi connectivity index (χ2v) is 11.0. The molecule has 0 spiro atoms. The van der Waals surface area contributed by atoms with Gasteiger partial charge in [0.15, 0.2) is 0 Å². The fourth-order valence-electron chi connectivity index (χ4n) is 4.04. The van der Waals surface area contributed by atoms with Crippen molar-refractivity contribution in [2.24, 2.45) is 0 Å². The molecular formula is C31H37NO4S. The van der Waals surface area contributed by atoms with Crippen molar-refractivity contribution in [1.29, 1.82) is 0 Å². The van der Waals surface area contributed by atoms with Gasteiger partial charge < -0.3 is 4.74 Å². The first-order chi connectivity index (χ1) is 17.8. The Kier molecular flexibility index (Phi) is 10.5. The van der Waals surface area contributed by atoms with Gasteiger partial charge in [-0.15, -0.1) is 0 Å². The molecule has 0 N–H and O–H groups in total. The van der Waals surface area contributed by atoms with Crippen molar-refractivity contribution < 1.29 is 17.9 Å². The summed E-state index contributed by atoms with van der Waals surface area (Å²) < 4.78 is 34.2. The quantitative estimate of drug-likeness (QED) is 0.175. The van der Waals surface area contributed by atoms with Crippen LogP contribution in [0.4, 0.5) is 0 Å². The van der Waals surface area contributed by atoms with Crippen molar-refractivity contribution in [3.8, 4) is 0 Å². The molecule has 37 heavy (non-hydrogen) atoms. The molecule has 0 saturated heterocycles. The first-order valence-electron chi connectivity index (χ1n) is 13.0. The molecule has 196 valence electrons. The van der Waals surface area contributed by atoms with Crippen LogP contribution in [-0.2, 0) is 21.3 Å². The lowest BCUT2D eigenvalue weighted by Crippen LogP contribution is -2.26. The van der Waals surface area contributed by atoms with Gasteiger partial charge in [0.1, 0.15) is 0 Å². The Morgan fingerprint density at radius 3 is 2.11 bits per heavy atom. The lowest BCUT2D eigenvalue weighted by Gasteiger charge is -2.23. The number of hydrogen-bond donors (Lipinski definition) is 0. The molecule has 0 radical (unpaired) electrons. The van der Waals surface area contributed by atoms with Gasteiger partial charge in [0, 0.05) is 6.20 Å². The average Bonchev–Trinajstić information content (AvgIpc) is 2.91. The lowest BCUT2D eigenvalue weighted by atomic mass is 9.99. The largest absolute Gasteiger partial charge is 0.462 e. The molecule has 0 unspecified atom stereocenters. The monoisotopic (exact) mass is 519 g/mol. The number of sulfonamides is 1. The molecule has 0 atom stereocenters. The summed E-state index contributed by atoms with van der Waals surface area (Å²) in [6.07, 6.45) is 6.77. The molecule has 0 aromatic heterocycles. The number of ether oxygens (including phenoxy) is 1. The molecule has 3 aromatic carbocycles. The highest BCUT2D eigenvalue weighted by molar-refractivity contribution is 7.89. The summed E-state index contributed by atoms with van der Waals surface area (Å²) in [6.45, 7) is 6.41. The molecule has 3 rings (SSSR count). The SMILES string of the molecule is CCCCCC/C(=C\N(Cc1ccccc1)S(=O)(=O)c1ccc(C)cc1)c1ccc(C(=O)OCC)cc1. The Bertz CT molecular complexity index is 1270. The smallest absolute Gasteiger partial charge is 0.338 e. The first-order valence-corrected chi connectivity index (χ1v) is 14.4. The van der Waals surface area contributed by atoms with Crippen LogP contribution >= 0.6 is 0 Å². The van der Waals surface area contributed by atoms with Gasteiger partial charge in [0.25, 0.3) is 10.0 Å². The van der Waals surface area contributed by atoms with E-state index < -0.39 is 10.0 Å². The third-order valence-electron chi connectivity index (χ3n) is 6.18. The van der Waals surface area contributed by atoms with E-state index in [1.165, 1.54) is 4.31 Å². The van der Waals surface area contributed by atoms with Crippen LogP contribution in [0.15, 0.2) is 90.0 Å². The normalized spacial score (nSPS) is 11.8. The van der Waals surface area contributed by atoms with E-state index in [0.29, 0.717) is 12.2 Å². The summed E-state index contributed by atoms with van der Waals surface area (Å²) >= 11 is 0. The van der Waals surface area contributed by atoms with E-state index in [2.05, 4.69) is 6.92 Å². The van der Waals surface area contributed by atoms with E-state index in [0.717, 1.165) is 54.4 Å². The fourth-order valence-corrected chi connectivity index (χ4v) is 5.38. The van der Waals surface area contributed by atoms with Crippen LogP contribution in [-0.4, -0.2) is 25.3 Å². The van der Waals surface area contributed by atoms with Gasteiger partial charge in [-0.2, -0.15) is 0 Å². The van der Waals surface area contributed by atoms with Crippen LogP contribution in [0.25, 0.3) is 5.57 Å². The van der Waals surface area contributed by atoms with Gasteiger partial charge >= 0.3 is 5.97 Å². The Balaban J connectivity index is 2.04. The number of rotatable bonds is 13. The minimum atomic E-state index is -3.80. The molecule has 0 aliphatic heterocycles. The minimum absolute atomic E-state index is 0.219. The molecule has 0 saturated carbocycles. The molecule has 0 heterocycles. The van der Waals surface area contributed by atoms with Crippen molar-refractivity contribution >= 4 is 21.6 Å². The number of nitrogens with zero attached hydrogens (tertiary/aromatic N) is 1. The maximum Gasteiger partial charge on any atom is 0.338 e.